The molecule has 1 aromatic rings. The Labute approximate surface area is 88.0 Å². The molecule has 0 radical (unpaired) electrons. The second kappa shape index (κ2) is 4.14. The summed E-state index contributed by atoms with van der Waals surface area (Å²) in [7, 11) is 1.31. The van der Waals surface area contributed by atoms with Crippen molar-refractivity contribution < 1.29 is 13.5 Å². The van der Waals surface area contributed by atoms with Crippen molar-refractivity contribution in [3.8, 4) is 5.75 Å². The molecule has 0 aliphatic carbocycles. The standard InChI is InChI=1S/C11H15F2NO/c1-11(2,14)6-7-4-5-8(12)9(13)10(7)15-3/h4-5H,6,14H2,1-3H3. The van der Waals surface area contributed by atoms with Crippen molar-refractivity contribution in [2.45, 2.75) is 25.8 Å². The topological polar surface area (TPSA) is 35.2 Å². The quantitative estimate of drug-likeness (QED) is 0.839. The molecule has 2 nitrogen and oxygen atoms in total. The second-order valence-corrected chi connectivity index (χ2v) is 4.22. The van der Waals surface area contributed by atoms with E-state index >= 15 is 0 Å². The molecule has 84 valence electrons. The third kappa shape index (κ3) is 2.89. The molecule has 2 N–H and O–H groups in total. The number of nitrogens with two attached hydrogens (primary N) is 1. The third-order valence-corrected chi connectivity index (χ3v) is 1.98. The Morgan fingerprint density at radius 3 is 2.40 bits per heavy atom. The number of halogens is 2. The van der Waals surface area contributed by atoms with Crippen molar-refractivity contribution in [1.29, 1.82) is 0 Å². The van der Waals surface area contributed by atoms with Crippen LogP contribution in [0.4, 0.5) is 8.78 Å². The highest BCUT2D eigenvalue weighted by Crippen LogP contribution is 2.27. The van der Waals surface area contributed by atoms with Crippen molar-refractivity contribution in [1.82, 2.24) is 0 Å². The van der Waals surface area contributed by atoms with Gasteiger partial charge in [0.15, 0.2) is 11.6 Å². The molecule has 0 fully saturated rings. The molecule has 1 rings (SSSR count). The number of ether oxygens (including phenoxy) is 1. The smallest absolute Gasteiger partial charge is 0.200 e. The van der Waals surface area contributed by atoms with Crippen LogP contribution in [0.2, 0.25) is 0 Å². The molecule has 0 atom stereocenters. The van der Waals surface area contributed by atoms with Crippen LogP contribution in [0.15, 0.2) is 12.1 Å². The molecule has 0 unspecified atom stereocenters. The zero-order chi connectivity index (χ0) is 11.6. The van der Waals surface area contributed by atoms with Gasteiger partial charge in [-0.05, 0) is 31.9 Å². The van der Waals surface area contributed by atoms with Gasteiger partial charge in [-0.3, -0.25) is 0 Å². The van der Waals surface area contributed by atoms with Gasteiger partial charge in [-0.15, -0.1) is 0 Å². The molecule has 4 heteroatoms. The van der Waals surface area contributed by atoms with Gasteiger partial charge in [-0.2, -0.15) is 4.39 Å². The SMILES string of the molecule is COc1c(CC(C)(C)N)ccc(F)c1F. The monoisotopic (exact) mass is 215 g/mol. The summed E-state index contributed by atoms with van der Waals surface area (Å²) in [6.07, 6.45) is 0.424. The van der Waals surface area contributed by atoms with Crippen LogP contribution < -0.4 is 10.5 Å². The molecule has 0 aliphatic rings. The Hall–Kier alpha value is -1.16. The molecule has 0 spiro atoms. The maximum Gasteiger partial charge on any atom is 0.200 e. The van der Waals surface area contributed by atoms with E-state index in [1.54, 1.807) is 0 Å². The molecular weight excluding hydrogens is 200 g/mol. The van der Waals surface area contributed by atoms with Gasteiger partial charge in [-0.25, -0.2) is 4.39 Å². The minimum absolute atomic E-state index is 0.0616. The highest BCUT2D eigenvalue weighted by atomic mass is 19.2. The zero-order valence-corrected chi connectivity index (χ0v) is 9.10. The van der Waals surface area contributed by atoms with E-state index in [1.165, 1.54) is 13.2 Å². The molecule has 0 amide bonds. The minimum atomic E-state index is -0.959. The summed E-state index contributed by atoms with van der Waals surface area (Å²) in [6.45, 7) is 3.63. The van der Waals surface area contributed by atoms with Crippen LogP contribution in [-0.4, -0.2) is 12.6 Å². The lowest BCUT2D eigenvalue weighted by Crippen LogP contribution is -2.34. The first-order valence-electron chi connectivity index (χ1n) is 4.65. The number of hydrogen-bond acceptors (Lipinski definition) is 2. The van der Waals surface area contributed by atoms with Crippen molar-refractivity contribution >= 4 is 0 Å². The predicted octanol–water partition coefficient (Wildman–Crippen LogP) is 2.25. The fraction of sp³-hybridized carbons (Fsp3) is 0.455. The summed E-state index contributed by atoms with van der Waals surface area (Å²) in [5.41, 5.74) is 5.89. The Morgan fingerprint density at radius 1 is 1.33 bits per heavy atom. The van der Waals surface area contributed by atoms with Crippen LogP contribution in [0.3, 0.4) is 0 Å². The van der Waals surface area contributed by atoms with Crippen LogP contribution >= 0.6 is 0 Å². The van der Waals surface area contributed by atoms with Crippen molar-refractivity contribution in [2.75, 3.05) is 7.11 Å². The molecule has 0 heterocycles. The fourth-order valence-electron chi connectivity index (χ4n) is 1.42. The number of methoxy groups -OCH3 is 1. The van der Waals surface area contributed by atoms with Crippen LogP contribution in [-0.2, 0) is 6.42 Å². The lowest BCUT2D eigenvalue weighted by molar-refractivity contribution is 0.362. The summed E-state index contributed by atoms with van der Waals surface area (Å²) in [5, 5.41) is 0. The van der Waals surface area contributed by atoms with E-state index in [9.17, 15) is 8.78 Å². The van der Waals surface area contributed by atoms with Crippen LogP contribution in [0.5, 0.6) is 5.75 Å². The molecule has 0 saturated carbocycles. The van der Waals surface area contributed by atoms with E-state index in [4.69, 9.17) is 10.5 Å². The average Bonchev–Trinajstić information content (AvgIpc) is 2.10. The van der Waals surface area contributed by atoms with Crippen molar-refractivity contribution in [2.24, 2.45) is 5.73 Å². The van der Waals surface area contributed by atoms with Crippen molar-refractivity contribution in [3.05, 3.63) is 29.3 Å². The van der Waals surface area contributed by atoms with Gasteiger partial charge in [0.2, 0.25) is 5.82 Å². The maximum atomic E-state index is 13.3. The predicted molar refractivity (Wildman–Crippen MR) is 54.9 cm³/mol. The van der Waals surface area contributed by atoms with E-state index in [0.717, 1.165) is 6.07 Å². The largest absolute Gasteiger partial charge is 0.493 e. The maximum absolute atomic E-state index is 13.3. The third-order valence-electron chi connectivity index (χ3n) is 1.98. The Kier molecular flexibility index (Phi) is 3.29. The summed E-state index contributed by atoms with van der Waals surface area (Å²) >= 11 is 0. The van der Waals surface area contributed by atoms with Gasteiger partial charge >= 0.3 is 0 Å². The van der Waals surface area contributed by atoms with Gasteiger partial charge in [-0.1, -0.05) is 6.07 Å². The molecular formula is C11H15F2NO. The van der Waals surface area contributed by atoms with E-state index in [-0.39, 0.29) is 5.75 Å². The Bertz CT molecular complexity index is 358. The molecule has 15 heavy (non-hydrogen) atoms. The van der Waals surface area contributed by atoms with Gasteiger partial charge < -0.3 is 10.5 Å². The number of benzene rings is 1. The molecule has 0 aliphatic heterocycles. The first-order valence-corrected chi connectivity index (χ1v) is 4.65. The molecule has 0 saturated heterocycles. The number of rotatable bonds is 3. The normalized spacial score (nSPS) is 11.6. The first kappa shape index (κ1) is 11.9. The molecule has 1 aromatic carbocycles. The second-order valence-electron chi connectivity index (χ2n) is 4.22. The van der Waals surface area contributed by atoms with E-state index in [0.29, 0.717) is 12.0 Å². The summed E-state index contributed by atoms with van der Waals surface area (Å²) < 4.78 is 31.0. The van der Waals surface area contributed by atoms with Gasteiger partial charge in [0.25, 0.3) is 0 Å². The Morgan fingerprint density at radius 2 is 1.93 bits per heavy atom. The van der Waals surface area contributed by atoms with Gasteiger partial charge in [0, 0.05) is 5.54 Å². The van der Waals surface area contributed by atoms with E-state index < -0.39 is 17.2 Å². The summed E-state index contributed by atoms with van der Waals surface area (Å²) in [6, 6.07) is 2.57. The lowest BCUT2D eigenvalue weighted by atomic mass is 9.95. The first-order chi connectivity index (χ1) is 6.85. The summed E-state index contributed by atoms with van der Waals surface area (Å²) in [4.78, 5) is 0. The highest BCUT2D eigenvalue weighted by molar-refractivity contribution is 5.36. The van der Waals surface area contributed by atoms with Crippen LogP contribution in [0, 0.1) is 11.6 Å². The Balaban J connectivity index is 3.14. The van der Waals surface area contributed by atoms with Crippen LogP contribution in [0.25, 0.3) is 0 Å². The van der Waals surface area contributed by atoms with Crippen molar-refractivity contribution in [3.63, 3.8) is 0 Å². The van der Waals surface area contributed by atoms with E-state index in [2.05, 4.69) is 0 Å². The minimum Gasteiger partial charge on any atom is -0.493 e. The lowest BCUT2D eigenvalue weighted by Gasteiger charge is -2.20. The fourth-order valence-corrected chi connectivity index (χ4v) is 1.42. The van der Waals surface area contributed by atoms with Gasteiger partial charge in [0.05, 0.1) is 7.11 Å². The molecule has 0 aromatic heterocycles. The highest BCUT2D eigenvalue weighted by Gasteiger charge is 2.19. The van der Waals surface area contributed by atoms with Gasteiger partial charge in [0.1, 0.15) is 0 Å². The van der Waals surface area contributed by atoms with E-state index in [1.807, 2.05) is 13.8 Å². The summed E-state index contributed by atoms with van der Waals surface area (Å²) in [5.74, 6) is -1.93. The number of hydrogen-bond donors (Lipinski definition) is 1. The zero-order valence-electron chi connectivity index (χ0n) is 9.10. The average molecular weight is 215 g/mol. The molecule has 0 bridgehead atoms. The van der Waals surface area contributed by atoms with Crippen LogP contribution in [0.1, 0.15) is 19.4 Å².